The summed E-state index contributed by atoms with van der Waals surface area (Å²) in [4.78, 5) is 25.9. The van der Waals surface area contributed by atoms with Crippen LogP contribution in [0.2, 0.25) is 10.0 Å². The maximum Gasteiger partial charge on any atom is 0.258 e. The molecule has 2 heterocycles. The number of carbonyl (C=O) groups excluding carboxylic acids is 1. The summed E-state index contributed by atoms with van der Waals surface area (Å²) in [5.74, 6) is 1.15. The van der Waals surface area contributed by atoms with E-state index in [-0.39, 0.29) is 21.5 Å². The van der Waals surface area contributed by atoms with Gasteiger partial charge in [0.25, 0.3) is 5.91 Å². The van der Waals surface area contributed by atoms with Crippen LogP contribution < -0.4 is 16.0 Å². The van der Waals surface area contributed by atoms with Crippen LogP contribution in [0.1, 0.15) is 42.7 Å². The molecule has 3 rings (SSSR count). The van der Waals surface area contributed by atoms with Gasteiger partial charge in [0.05, 0.1) is 27.4 Å². The van der Waals surface area contributed by atoms with Crippen molar-refractivity contribution in [2.45, 2.75) is 32.8 Å². The highest BCUT2D eigenvalue weighted by molar-refractivity contribution is 6.40. The Morgan fingerprint density at radius 1 is 1.06 bits per heavy atom. The zero-order chi connectivity index (χ0) is 23.3. The molecule has 1 unspecified atom stereocenters. The summed E-state index contributed by atoms with van der Waals surface area (Å²) >= 11 is 12.2. The molecule has 0 saturated carbocycles. The van der Waals surface area contributed by atoms with Gasteiger partial charge in [0.1, 0.15) is 11.6 Å². The second-order valence-corrected chi connectivity index (χ2v) is 8.31. The van der Waals surface area contributed by atoms with Crippen molar-refractivity contribution in [2.24, 2.45) is 0 Å². The molecule has 1 amide bonds. The van der Waals surface area contributed by atoms with Crippen LogP contribution in [-0.4, -0.2) is 38.6 Å². The number of hydrogen-bond donors (Lipinski definition) is 4. The van der Waals surface area contributed by atoms with Gasteiger partial charge in [-0.1, -0.05) is 43.1 Å². The van der Waals surface area contributed by atoms with E-state index in [4.69, 9.17) is 23.2 Å². The maximum absolute atomic E-state index is 12.6. The number of anilines is 4. The molecule has 32 heavy (non-hydrogen) atoms. The molecule has 168 valence electrons. The predicted octanol–water partition coefficient (Wildman–Crippen LogP) is 5.09. The lowest BCUT2D eigenvalue weighted by atomic mass is 10.1. The van der Waals surface area contributed by atoms with Gasteiger partial charge in [-0.2, -0.15) is 4.98 Å². The molecule has 0 aliphatic heterocycles. The van der Waals surface area contributed by atoms with E-state index in [0.29, 0.717) is 29.8 Å². The number of hydrogen-bond acceptors (Lipinski definition) is 7. The molecule has 4 N–H and O–H groups in total. The van der Waals surface area contributed by atoms with E-state index in [1.54, 1.807) is 43.5 Å². The van der Waals surface area contributed by atoms with E-state index in [9.17, 15) is 9.90 Å². The van der Waals surface area contributed by atoms with Gasteiger partial charge in [-0.05, 0) is 31.0 Å². The van der Waals surface area contributed by atoms with E-state index < -0.39 is 12.0 Å². The van der Waals surface area contributed by atoms with E-state index in [1.807, 2.05) is 19.9 Å². The lowest BCUT2D eigenvalue weighted by molar-refractivity contribution is 0.102. The Labute approximate surface area is 196 Å². The summed E-state index contributed by atoms with van der Waals surface area (Å²) in [7, 11) is 0. The van der Waals surface area contributed by atoms with Gasteiger partial charge >= 0.3 is 0 Å². The Kier molecular flexibility index (Phi) is 7.84. The van der Waals surface area contributed by atoms with Crippen LogP contribution in [-0.2, 0) is 0 Å². The Balaban J connectivity index is 1.80. The number of pyridine rings is 1. The first-order valence-corrected chi connectivity index (χ1v) is 10.8. The molecule has 0 fully saturated rings. The fourth-order valence-corrected chi connectivity index (χ4v) is 3.33. The normalized spacial score (nSPS) is 11.8. The lowest BCUT2D eigenvalue weighted by Crippen LogP contribution is -2.18. The van der Waals surface area contributed by atoms with Crippen molar-refractivity contribution >= 4 is 52.4 Å². The average molecular weight is 475 g/mol. The third kappa shape index (κ3) is 6.29. The first kappa shape index (κ1) is 23.7. The van der Waals surface area contributed by atoms with Crippen molar-refractivity contribution in [2.75, 3.05) is 22.5 Å². The number of aliphatic hydroxyl groups is 1. The molecular weight excluding hydrogens is 451 g/mol. The Morgan fingerprint density at radius 2 is 1.78 bits per heavy atom. The molecule has 0 spiro atoms. The fourth-order valence-electron chi connectivity index (χ4n) is 2.76. The number of nitrogens with one attached hydrogen (secondary N) is 3. The molecule has 0 aliphatic carbocycles. The molecule has 8 nitrogen and oxygen atoms in total. The standard InChI is InChI=1S/C22H24Cl2N6O2/c1-12(2)17-10-19(30-22(28-17)26-11-13(3)31)29-18-9-14(7-8-25-18)27-21(32)20-15(23)5-4-6-16(20)24/h4-10,12-13,31H,11H2,1-3H3,(H3,25,26,27,28,29,30,32). The molecular formula is C22H24Cl2N6O2. The van der Waals surface area contributed by atoms with Crippen molar-refractivity contribution in [3.05, 3.63) is 63.9 Å². The quantitative estimate of drug-likeness (QED) is 0.359. The molecule has 10 heteroatoms. The van der Waals surface area contributed by atoms with Gasteiger partial charge in [-0.25, -0.2) is 9.97 Å². The van der Waals surface area contributed by atoms with E-state index >= 15 is 0 Å². The number of aliphatic hydroxyl groups excluding tert-OH is 1. The van der Waals surface area contributed by atoms with Gasteiger partial charge in [-0.15, -0.1) is 0 Å². The smallest absolute Gasteiger partial charge is 0.258 e. The minimum atomic E-state index is -0.536. The summed E-state index contributed by atoms with van der Waals surface area (Å²) in [6.45, 7) is 6.06. The topological polar surface area (TPSA) is 112 Å². The van der Waals surface area contributed by atoms with E-state index in [0.717, 1.165) is 5.69 Å². The van der Waals surface area contributed by atoms with Crippen molar-refractivity contribution in [1.82, 2.24) is 15.0 Å². The molecule has 1 aromatic carbocycles. The van der Waals surface area contributed by atoms with Gasteiger partial charge in [0.15, 0.2) is 0 Å². The zero-order valence-corrected chi connectivity index (χ0v) is 19.4. The molecule has 1 atom stereocenters. The highest BCUT2D eigenvalue weighted by Gasteiger charge is 2.15. The first-order valence-electron chi connectivity index (χ1n) is 10.0. The second-order valence-electron chi connectivity index (χ2n) is 7.49. The molecule has 0 radical (unpaired) electrons. The van der Waals surface area contributed by atoms with Crippen LogP contribution in [0.3, 0.4) is 0 Å². The highest BCUT2D eigenvalue weighted by Crippen LogP contribution is 2.26. The Hall–Kier alpha value is -2.94. The van der Waals surface area contributed by atoms with Gasteiger partial charge in [0.2, 0.25) is 5.95 Å². The minimum Gasteiger partial charge on any atom is -0.392 e. The second kappa shape index (κ2) is 10.6. The lowest BCUT2D eigenvalue weighted by Gasteiger charge is -2.14. The minimum absolute atomic E-state index is 0.171. The van der Waals surface area contributed by atoms with Crippen molar-refractivity contribution in [3.63, 3.8) is 0 Å². The van der Waals surface area contributed by atoms with Gasteiger partial charge < -0.3 is 21.1 Å². The molecule has 2 aromatic heterocycles. The van der Waals surface area contributed by atoms with Crippen LogP contribution >= 0.6 is 23.2 Å². The number of benzene rings is 1. The number of nitrogens with zero attached hydrogens (tertiary/aromatic N) is 3. The van der Waals surface area contributed by atoms with Crippen LogP contribution in [0.5, 0.6) is 0 Å². The number of amides is 1. The highest BCUT2D eigenvalue weighted by atomic mass is 35.5. The summed E-state index contributed by atoms with van der Waals surface area (Å²) in [5, 5.41) is 19.0. The molecule has 0 saturated heterocycles. The van der Waals surface area contributed by atoms with Gasteiger partial charge in [-0.3, -0.25) is 4.79 Å². The first-order chi connectivity index (χ1) is 15.2. The summed E-state index contributed by atoms with van der Waals surface area (Å²) < 4.78 is 0. The van der Waals surface area contributed by atoms with Gasteiger partial charge in [0, 0.05) is 30.6 Å². The average Bonchev–Trinajstić information content (AvgIpc) is 2.72. The Morgan fingerprint density at radius 3 is 2.44 bits per heavy atom. The Bertz CT molecular complexity index is 1090. The largest absolute Gasteiger partial charge is 0.392 e. The third-order valence-corrected chi connectivity index (χ3v) is 4.99. The number of aromatic nitrogens is 3. The van der Waals surface area contributed by atoms with Crippen LogP contribution in [0, 0.1) is 0 Å². The number of rotatable bonds is 8. The predicted molar refractivity (Wildman–Crippen MR) is 128 cm³/mol. The maximum atomic E-state index is 12.6. The molecule has 3 aromatic rings. The molecule has 0 bridgehead atoms. The SMILES string of the molecule is CC(O)CNc1nc(Nc2cc(NC(=O)c3c(Cl)cccc3Cl)ccn2)cc(C(C)C)n1. The van der Waals surface area contributed by atoms with Crippen LogP contribution in [0.15, 0.2) is 42.6 Å². The zero-order valence-electron chi connectivity index (χ0n) is 17.9. The number of carbonyl (C=O) groups is 1. The number of halogens is 2. The van der Waals surface area contributed by atoms with Crippen LogP contribution in [0.4, 0.5) is 23.3 Å². The summed E-state index contributed by atoms with van der Waals surface area (Å²) in [6.07, 6.45) is 1.02. The monoisotopic (exact) mass is 474 g/mol. The van der Waals surface area contributed by atoms with E-state index in [1.165, 1.54) is 0 Å². The van der Waals surface area contributed by atoms with E-state index in [2.05, 4.69) is 30.9 Å². The third-order valence-electron chi connectivity index (χ3n) is 4.36. The fraction of sp³-hybridized carbons (Fsp3) is 0.273. The van der Waals surface area contributed by atoms with Crippen molar-refractivity contribution in [3.8, 4) is 0 Å². The summed E-state index contributed by atoms with van der Waals surface area (Å²) in [6, 6.07) is 10.0. The van der Waals surface area contributed by atoms with Crippen molar-refractivity contribution < 1.29 is 9.90 Å². The summed E-state index contributed by atoms with van der Waals surface area (Å²) in [5.41, 5.74) is 1.54. The van der Waals surface area contributed by atoms with Crippen molar-refractivity contribution in [1.29, 1.82) is 0 Å². The molecule has 0 aliphatic rings. The van der Waals surface area contributed by atoms with Crippen LogP contribution in [0.25, 0.3) is 0 Å².